The van der Waals surface area contributed by atoms with Gasteiger partial charge >= 0.3 is 0 Å². The van der Waals surface area contributed by atoms with E-state index in [1.165, 1.54) is 6.33 Å². The van der Waals surface area contributed by atoms with Gasteiger partial charge in [-0.15, -0.1) is 0 Å². The van der Waals surface area contributed by atoms with Crippen LogP contribution in [0.25, 0.3) is 22.3 Å². The van der Waals surface area contributed by atoms with Crippen molar-refractivity contribution in [2.75, 3.05) is 18.8 Å². The Morgan fingerprint density at radius 2 is 1.97 bits per heavy atom. The van der Waals surface area contributed by atoms with E-state index in [0.29, 0.717) is 51.7 Å². The number of carbonyl (C=O) groups is 1. The Bertz CT molecular complexity index is 1360. The number of pyridine rings is 1. The summed E-state index contributed by atoms with van der Waals surface area (Å²) in [5.74, 6) is 1.40. The molecule has 0 radical (unpaired) electrons. The van der Waals surface area contributed by atoms with Gasteiger partial charge in [0.15, 0.2) is 5.65 Å². The Morgan fingerprint density at radius 3 is 2.71 bits per heavy atom. The molecule has 1 aliphatic rings. The number of rotatable bonds is 5. The van der Waals surface area contributed by atoms with Gasteiger partial charge in [0.1, 0.15) is 23.6 Å². The van der Waals surface area contributed by atoms with E-state index < -0.39 is 0 Å². The van der Waals surface area contributed by atoms with Gasteiger partial charge in [-0.2, -0.15) is 5.10 Å². The molecular formula is C24H22BrN7O2. The standard InChI is InChI=1S/C24H22BrN7O2/c1-15(25)24(33)31-11-5-6-17(13-31)32-23-20(22(26)28-14-29-23)21(30-32)16-9-10-19(27-12-16)34-18-7-3-2-4-8-18/h2-4,7-10,12,14,17H,1,5-6,11,13H2,(H2,26,28,29). The fourth-order valence-electron chi connectivity index (χ4n) is 4.15. The third-order valence-corrected chi connectivity index (χ3v) is 6.09. The van der Waals surface area contributed by atoms with Crippen LogP contribution in [0.5, 0.6) is 11.6 Å². The van der Waals surface area contributed by atoms with Gasteiger partial charge in [-0.05, 0) is 47.0 Å². The molecule has 1 fully saturated rings. The van der Waals surface area contributed by atoms with E-state index in [0.717, 1.165) is 18.4 Å². The maximum atomic E-state index is 12.5. The third kappa shape index (κ3) is 4.24. The van der Waals surface area contributed by atoms with Gasteiger partial charge in [0.2, 0.25) is 5.88 Å². The molecular weight excluding hydrogens is 498 g/mol. The van der Waals surface area contributed by atoms with Crippen LogP contribution >= 0.6 is 15.9 Å². The summed E-state index contributed by atoms with van der Waals surface area (Å²) in [6.45, 7) is 4.90. The molecule has 4 heterocycles. The molecule has 0 aliphatic carbocycles. The second-order valence-electron chi connectivity index (χ2n) is 8.00. The minimum Gasteiger partial charge on any atom is -0.439 e. The molecule has 9 nitrogen and oxygen atoms in total. The number of hydrogen-bond donors (Lipinski definition) is 1. The average molecular weight is 520 g/mol. The van der Waals surface area contributed by atoms with Gasteiger partial charge in [-0.1, -0.05) is 24.8 Å². The number of anilines is 1. The van der Waals surface area contributed by atoms with Crippen molar-refractivity contribution in [1.29, 1.82) is 0 Å². The summed E-state index contributed by atoms with van der Waals surface area (Å²) < 4.78 is 8.00. The monoisotopic (exact) mass is 519 g/mol. The highest BCUT2D eigenvalue weighted by atomic mass is 79.9. The summed E-state index contributed by atoms with van der Waals surface area (Å²) in [5, 5.41) is 5.54. The molecule has 5 rings (SSSR count). The normalized spacial score (nSPS) is 15.9. The highest BCUT2D eigenvalue weighted by Crippen LogP contribution is 2.34. The summed E-state index contributed by atoms with van der Waals surface area (Å²) in [6, 6.07) is 13.1. The zero-order chi connectivity index (χ0) is 23.7. The Kier molecular flexibility index (Phi) is 5.97. The molecule has 0 bridgehead atoms. The zero-order valence-corrected chi connectivity index (χ0v) is 19.9. The lowest BCUT2D eigenvalue weighted by molar-refractivity contribution is -0.127. The van der Waals surface area contributed by atoms with Crippen molar-refractivity contribution >= 4 is 38.7 Å². The number of benzene rings is 1. The topological polar surface area (TPSA) is 112 Å². The number of para-hydroxylation sites is 1. The molecule has 3 aromatic heterocycles. The highest BCUT2D eigenvalue weighted by Gasteiger charge is 2.29. The highest BCUT2D eigenvalue weighted by molar-refractivity contribution is 9.12. The van der Waals surface area contributed by atoms with Crippen molar-refractivity contribution in [3.05, 3.63) is 66.1 Å². The first-order chi connectivity index (χ1) is 16.5. The molecule has 1 saturated heterocycles. The average Bonchev–Trinajstić information content (AvgIpc) is 3.26. The lowest BCUT2D eigenvalue weighted by Crippen LogP contribution is -2.41. The van der Waals surface area contributed by atoms with Gasteiger partial charge in [0, 0.05) is 30.9 Å². The van der Waals surface area contributed by atoms with E-state index in [-0.39, 0.29) is 11.9 Å². The van der Waals surface area contributed by atoms with Gasteiger partial charge in [-0.25, -0.2) is 19.6 Å². The third-order valence-electron chi connectivity index (χ3n) is 5.76. The Morgan fingerprint density at radius 1 is 1.15 bits per heavy atom. The number of fused-ring (bicyclic) bond motifs is 1. The van der Waals surface area contributed by atoms with Gasteiger partial charge in [0.05, 0.1) is 15.9 Å². The van der Waals surface area contributed by atoms with E-state index in [4.69, 9.17) is 15.6 Å². The maximum absolute atomic E-state index is 12.5. The van der Waals surface area contributed by atoms with Crippen LogP contribution in [0, 0.1) is 0 Å². The molecule has 1 unspecified atom stereocenters. The molecule has 4 aromatic rings. The van der Waals surface area contributed by atoms with Crippen molar-refractivity contribution < 1.29 is 9.53 Å². The Hall–Kier alpha value is -3.79. The summed E-state index contributed by atoms with van der Waals surface area (Å²) >= 11 is 3.20. The van der Waals surface area contributed by atoms with Crippen molar-refractivity contribution in [1.82, 2.24) is 29.6 Å². The van der Waals surface area contributed by atoms with Crippen LogP contribution in [-0.2, 0) is 4.79 Å². The lowest BCUT2D eigenvalue weighted by atomic mass is 10.1. The minimum absolute atomic E-state index is 0.0521. The molecule has 0 spiro atoms. The first-order valence-corrected chi connectivity index (χ1v) is 11.6. The quantitative estimate of drug-likeness (QED) is 0.390. The smallest absolute Gasteiger partial charge is 0.260 e. The number of likely N-dealkylation sites (tertiary alicyclic amines) is 1. The van der Waals surface area contributed by atoms with E-state index in [1.54, 1.807) is 17.2 Å². The van der Waals surface area contributed by atoms with E-state index in [2.05, 4.69) is 37.5 Å². The molecule has 0 saturated carbocycles. The largest absolute Gasteiger partial charge is 0.439 e. The summed E-state index contributed by atoms with van der Waals surface area (Å²) in [4.78, 5) is 27.3. The number of carbonyl (C=O) groups excluding carboxylic acids is 1. The molecule has 1 atom stereocenters. The molecule has 1 aliphatic heterocycles. The van der Waals surface area contributed by atoms with Crippen molar-refractivity contribution in [3.8, 4) is 22.9 Å². The molecule has 34 heavy (non-hydrogen) atoms. The predicted octanol–water partition coefficient (Wildman–Crippen LogP) is 4.33. The number of aromatic nitrogens is 5. The van der Waals surface area contributed by atoms with Crippen molar-refractivity contribution in [3.63, 3.8) is 0 Å². The van der Waals surface area contributed by atoms with Crippen LogP contribution in [0.15, 0.2) is 66.1 Å². The van der Waals surface area contributed by atoms with Gasteiger partial charge in [0.25, 0.3) is 5.91 Å². The van der Waals surface area contributed by atoms with Gasteiger partial charge < -0.3 is 15.4 Å². The maximum Gasteiger partial charge on any atom is 0.260 e. The number of halogens is 1. The Balaban J connectivity index is 1.49. The Labute approximate surface area is 204 Å². The first-order valence-electron chi connectivity index (χ1n) is 10.8. The van der Waals surface area contributed by atoms with Crippen LogP contribution < -0.4 is 10.5 Å². The summed E-state index contributed by atoms with van der Waals surface area (Å²) in [5.41, 5.74) is 8.29. The van der Waals surface area contributed by atoms with Crippen molar-refractivity contribution in [2.24, 2.45) is 0 Å². The second kappa shape index (κ2) is 9.22. The predicted molar refractivity (Wildman–Crippen MR) is 132 cm³/mol. The number of hydrogen-bond acceptors (Lipinski definition) is 7. The minimum atomic E-state index is -0.117. The van der Waals surface area contributed by atoms with E-state index >= 15 is 0 Å². The molecule has 172 valence electrons. The molecule has 1 amide bonds. The zero-order valence-electron chi connectivity index (χ0n) is 18.3. The number of piperidine rings is 1. The van der Waals surface area contributed by atoms with E-state index in [9.17, 15) is 4.79 Å². The summed E-state index contributed by atoms with van der Waals surface area (Å²) in [7, 11) is 0. The molecule has 1 aromatic carbocycles. The number of nitrogens with zero attached hydrogens (tertiary/aromatic N) is 6. The molecule has 10 heteroatoms. The van der Waals surface area contributed by atoms with Crippen LogP contribution in [0.1, 0.15) is 18.9 Å². The van der Waals surface area contributed by atoms with Crippen LogP contribution in [0.2, 0.25) is 0 Å². The number of nitrogens with two attached hydrogens (primary N) is 1. The van der Waals surface area contributed by atoms with E-state index in [1.807, 2.05) is 41.1 Å². The van der Waals surface area contributed by atoms with Crippen LogP contribution in [0.3, 0.4) is 0 Å². The number of ether oxygens (including phenoxy) is 1. The number of nitrogen functional groups attached to an aromatic ring is 1. The first kappa shape index (κ1) is 22.0. The fourth-order valence-corrected chi connectivity index (χ4v) is 4.40. The molecule has 2 N–H and O–H groups in total. The van der Waals surface area contributed by atoms with Crippen LogP contribution in [0.4, 0.5) is 5.82 Å². The van der Waals surface area contributed by atoms with Crippen LogP contribution in [-0.4, -0.2) is 48.6 Å². The fraction of sp³-hybridized carbons (Fsp3) is 0.208. The number of amides is 1. The lowest BCUT2D eigenvalue weighted by Gasteiger charge is -2.32. The summed E-state index contributed by atoms with van der Waals surface area (Å²) in [6.07, 6.45) is 4.84. The SMILES string of the molecule is C=C(Br)C(=O)N1CCCC(n2nc(-c3ccc(Oc4ccccc4)nc3)c3c(N)ncnc32)C1. The second-order valence-corrected chi connectivity index (χ2v) is 8.96. The van der Waals surface area contributed by atoms with Crippen molar-refractivity contribution in [2.45, 2.75) is 18.9 Å². The van der Waals surface area contributed by atoms with Gasteiger partial charge in [-0.3, -0.25) is 4.79 Å².